The molecule has 2 aliphatic carbocycles. The number of rotatable bonds is 2. The van der Waals surface area contributed by atoms with Crippen LogP contribution >= 0.6 is 0 Å². The molecule has 0 bridgehead atoms. The summed E-state index contributed by atoms with van der Waals surface area (Å²) in [6, 6.07) is 0. The maximum absolute atomic E-state index is 4.34. The lowest BCUT2D eigenvalue weighted by atomic mass is 9.65. The molecule has 0 aromatic heterocycles. The fourth-order valence-corrected chi connectivity index (χ4v) is 4.17. The van der Waals surface area contributed by atoms with Gasteiger partial charge in [0.2, 0.25) is 0 Å². The molecule has 17 heavy (non-hydrogen) atoms. The summed E-state index contributed by atoms with van der Waals surface area (Å²) in [4.78, 5) is 4.31. The zero-order chi connectivity index (χ0) is 12.6. The van der Waals surface area contributed by atoms with Crippen LogP contribution in [0.4, 0.5) is 0 Å². The average molecular weight is 231 g/mol. The Morgan fingerprint density at radius 1 is 1.35 bits per heavy atom. The molecular formula is C16H25N. The van der Waals surface area contributed by atoms with Gasteiger partial charge in [-0.05, 0) is 64.0 Å². The van der Waals surface area contributed by atoms with Gasteiger partial charge in [0, 0.05) is 11.6 Å². The molecule has 0 amide bonds. The molecule has 0 spiro atoms. The smallest absolute Gasteiger partial charge is 0.0419 e. The second-order valence-electron chi connectivity index (χ2n) is 6.33. The summed E-state index contributed by atoms with van der Waals surface area (Å²) in [5.74, 6) is 1.22. The number of hydrogen-bond donors (Lipinski definition) is 0. The molecule has 0 saturated heterocycles. The van der Waals surface area contributed by atoms with Crippen molar-refractivity contribution in [3.8, 4) is 0 Å². The van der Waals surface area contributed by atoms with E-state index in [-0.39, 0.29) is 0 Å². The molecule has 0 heterocycles. The van der Waals surface area contributed by atoms with Crippen molar-refractivity contribution >= 4 is 6.72 Å². The lowest BCUT2D eigenvalue weighted by molar-refractivity contribution is 0.184. The maximum Gasteiger partial charge on any atom is 0.0419 e. The third kappa shape index (κ3) is 2.00. The molecule has 2 fully saturated rings. The predicted octanol–water partition coefficient (Wildman–Crippen LogP) is 4.75. The van der Waals surface area contributed by atoms with Crippen molar-refractivity contribution in [1.82, 2.24) is 0 Å². The highest BCUT2D eigenvalue weighted by Crippen LogP contribution is 2.58. The van der Waals surface area contributed by atoms with Crippen LogP contribution in [0.2, 0.25) is 0 Å². The maximum atomic E-state index is 4.34. The molecule has 2 aliphatic rings. The number of aliphatic imine (C=N–C) groups is 1. The average Bonchev–Trinajstić information content (AvgIpc) is 2.58. The van der Waals surface area contributed by atoms with Crippen LogP contribution in [-0.4, -0.2) is 6.72 Å². The standard InChI is InChI=1S/C16H25N/c1-11(2)15(17-5)13-8-10-16(4)9-6-7-12(3)14(13)16/h13-14H,3,5-10H2,1-2,4H3. The molecule has 2 saturated carbocycles. The molecular weight excluding hydrogens is 206 g/mol. The molecule has 0 radical (unpaired) electrons. The van der Waals surface area contributed by atoms with Crippen LogP contribution in [0.25, 0.3) is 0 Å². The summed E-state index contributed by atoms with van der Waals surface area (Å²) in [6.45, 7) is 14.9. The first-order valence-corrected chi connectivity index (χ1v) is 6.81. The number of fused-ring (bicyclic) bond motifs is 1. The number of hydrogen-bond acceptors (Lipinski definition) is 1. The Morgan fingerprint density at radius 3 is 2.65 bits per heavy atom. The van der Waals surface area contributed by atoms with Gasteiger partial charge in [0.15, 0.2) is 0 Å². The Kier molecular flexibility index (Phi) is 3.29. The number of nitrogens with zero attached hydrogens (tertiary/aromatic N) is 1. The lowest BCUT2D eigenvalue weighted by Gasteiger charge is -2.40. The van der Waals surface area contributed by atoms with Crippen LogP contribution in [0.3, 0.4) is 0 Å². The van der Waals surface area contributed by atoms with Gasteiger partial charge in [0.05, 0.1) is 0 Å². The Morgan fingerprint density at radius 2 is 2.06 bits per heavy atom. The monoisotopic (exact) mass is 231 g/mol. The van der Waals surface area contributed by atoms with E-state index in [4.69, 9.17) is 0 Å². The largest absolute Gasteiger partial charge is 0.269 e. The third-order valence-corrected chi connectivity index (χ3v) is 4.90. The molecule has 3 unspecified atom stereocenters. The van der Waals surface area contributed by atoms with Crippen molar-refractivity contribution in [2.45, 2.75) is 52.9 Å². The lowest BCUT2D eigenvalue weighted by Crippen LogP contribution is -2.31. The molecule has 2 rings (SSSR count). The van der Waals surface area contributed by atoms with Gasteiger partial charge in [0.25, 0.3) is 0 Å². The Bertz CT molecular complexity index is 373. The van der Waals surface area contributed by atoms with E-state index in [1.807, 2.05) is 0 Å². The van der Waals surface area contributed by atoms with E-state index in [2.05, 4.69) is 39.1 Å². The van der Waals surface area contributed by atoms with Gasteiger partial charge in [-0.1, -0.05) is 24.6 Å². The molecule has 0 aliphatic heterocycles. The minimum Gasteiger partial charge on any atom is -0.269 e. The van der Waals surface area contributed by atoms with E-state index in [0.29, 0.717) is 17.3 Å². The first kappa shape index (κ1) is 12.6. The van der Waals surface area contributed by atoms with Crippen LogP contribution in [0.1, 0.15) is 52.9 Å². The molecule has 1 heteroatoms. The zero-order valence-electron chi connectivity index (χ0n) is 11.6. The van der Waals surface area contributed by atoms with Crippen molar-refractivity contribution < 1.29 is 0 Å². The highest BCUT2D eigenvalue weighted by atomic mass is 14.7. The van der Waals surface area contributed by atoms with Crippen molar-refractivity contribution in [3.05, 3.63) is 23.4 Å². The second kappa shape index (κ2) is 4.44. The normalized spacial score (nSPS) is 36.5. The van der Waals surface area contributed by atoms with Crippen molar-refractivity contribution in [1.29, 1.82) is 0 Å². The highest BCUT2D eigenvalue weighted by molar-refractivity contribution is 5.34. The van der Waals surface area contributed by atoms with Crippen LogP contribution in [0, 0.1) is 17.3 Å². The van der Waals surface area contributed by atoms with E-state index < -0.39 is 0 Å². The summed E-state index contributed by atoms with van der Waals surface area (Å²) < 4.78 is 0. The molecule has 94 valence electrons. The Balaban J connectivity index is 2.36. The topological polar surface area (TPSA) is 12.4 Å². The molecule has 1 nitrogen and oxygen atoms in total. The van der Waals surface area contributed by atoms with E-state index in [0.717, 1.165) is 0 Å². The zero-order valence-corrected chi connectivity index (χ0v) is 11.6. The molecule has 0 aromatic carbocycles. The van der Waals surface area contributed by atoms with Crippen LogP contribution in [-0.2, 0) is 0 Å². The van der Waals surface area contributed by atoms with Crippen LogP contribution in [0.15, 0.2) is 28.4 Å². The van der Waals surface area contributed by atoms with Crippen LogP contribution in [0.5, 0.6) is 0 Å². The van der Waals surface area contributed by atoms with E-state index >= 15 is 0 Å². The van der Waals surface area contributed by atoms with Gasteiger partial charge in [-0.3, -0.25) is 4.99 Å². The van der Waals surface area contributed by atoms with Gasteiger partial charge in [-0.2, -0.15) is 0 Å². The molecule has 0 aromatic rings. The van der Waals surface area contributed by atoms with Gasteiger partial charge in [-0.25, -0.2) is 0 Å². The van der Waals surface area contributed by atoms with Crippen molar-refractivity contribution in [2.75, 3.05) is 0 Å². The summed E-state index contributed by atoms with van der Waals surface area (Å²) in [5.41, 5.74) is 4.50. The van der Waals surface area contributed by atoms with E-state index in [1.165, 1.54) is 48.9 Å². The van der Waals surface area contributed by atoms with Crippen molar-refractivity contribution in [3.63, 3.8) is 0 Å². The molecule has 3 atom stereocenters. The summed E-state index contributed by atoms with van der Waals surface area (Å²) >= 11 is 0. The Labute approximate surface area is 106 Å². The fraction of sp³-hybridized carbons (Fsp3) is 0.688. The summed E-state index contributed by atoms with van der Waals surface area (Å²) in [7, 11) is 0. The third-order valence-electron chi connectivity index (χ3n) is 4.90. The first-order valence-electron chi connectivity index (χ1n) is 6.81. The minimum atomic E-state index is 0.478. The predicted molar refractivity (Wildman–Crippen MR) is 75.2 cm³/mol. The van der Waals surface area contributed by atoms with Gasteiger partial charge < -0.3 is 0 Å². The van der Waals surface area contributed by atoms with Crippen LogP contribution < -0.4 is 0 Å². The fourth-order valence-electron chi connectivity index (χ4n) is 4.17. The van der Waals surface area contributed by atoms with E-state index in [9.17, 15) is 0 Å². The summed E-state index contributed by atoms with van der Waals surface area (Å²) in [6.07, 6.45) is 6.49. The van der Waals surface area contributed by atoms with Gasteiger partial charge in [-0.15, -0.1) is 0 Å². The number of allylic oxidation sites excluding steroid dienone is 3. The Hall–Kier alpha value is -0.850. The summed E-state index contributed by atoms with van der Waals surface area (Å²) in [5, 5.41) is 0. The quantitative estimate of drug-likeness (QED) is 0.480. The van der Waals surface area contributed by atoms with Crippen molar-refractivity contribution in [2.24, 2.45) is 22.2 Å². The van der Waals surface area contributed by atoms with Gasteiger partial charge in [0.1, 0.15) is 0 Å². The molecule has 0 N–H and O–H groups in total. The highest BCUT2D eigenvalue weighted by Gasteiger charge is 2.48. The minimum absolute atomic E-state index is 0.478. The first-order chi connectivity index (χ1) is 7.99. The van der Waals surface area contributed by atoms with Gasteiger partial charge >= 0.3 is 0 Å². The SMILES string of the molecule is C=NC(=C(C)C)C1CCC2(C)CCCC(=C)C12. The second-order valence-corrected chi connectivity index (χ2v) is 6.33. The van der Waals surface area contributed by atoms with E-state index in [1.54, 1.807) is 0 Å².